The number of fused-ring (bicyclic) bond motifs is 1. The first-order chi connectivity index (χ1) is 11.6. The lowest BCUT2D eigenvalue weighted by Crippen LogP contribution is -2.08. The molecule has 3 aromatic rings. The van der Waals surface area contributed by atoms with Crippen molar-refractivity contribution in [3.8, 4) is 16.9 Å². The van der Waals surface area contributed by atoms with E-state index < -0.39 is 0 Å². The van der Waals surface area contributed by atoms with Crippen molar-refractivity contribution in [3.05, 3.63) is 59.7 Å². The topological polar surface area (TPSA) is 33.1 Å². The predicted molar refractivity (Wildman–Crippen MR) is 100 cm³/mol. The van der Waals surface area contributed by atoms with Gasteiger partial charge in [0, 0.05) is 37.5 Å². The van der Waals surface area contributed by atoms with Crippen LogP contribution < -0.4 is 10.2 Å². The van der Waals surface area contributed by atoms with Crippen LogP contribution in [-0.4, -0.2) is 30.4 Å². The fourth-order valence-electron chi connectivity index (χ4n) is 3.21. The van der Waals surface area contributed by atoms with Gasteiger partial charge in [-0.15, -0.1) is 0 Å². The SMILES string of the molecule is Cc1ccc(-n2nc(-c3cccc(N(C)C)c3)c3c2NCC3)cc1. The van der Waals surface area contributed by atoms with E-state index in [-0.39, 0.29) is 0 Å². The van der Waals surface area contributed by atoms with Crippen molar-refractivity contribution >= 4 is 11.5 Å². The average Bonchev–Trinajstić information content (AvgIpc) is 3.18. The van der Waals surface area contributed by atoms with Gasteiger partial charge in [0.2, 0.25) is 0 Å². The van der Waals surface area contributed by atoms with E-state index in [1.165, 1.54) is 22.4 Å². The Labute approximate surface area is 142 Å². The minimum atomic E-state index is 0.972. The fourth-order valence-corrected chi connectivity index (χ4v) is 3.21. The van der Waals surface area contributed by atoms with Crippen LogP contribution in [0.1, 0.15) is 11.1 Å². The number of hydrogen-bond acceptors (Lipinski definition) is 3. The molecule has 24 heavy (non-hydrogen) atoms. The minimum Gasteiger partial charge on any atom is -0.378 e. The molecule has 0 radical (unpaired) electrons. The molecule has 0 unspecified atom stereocenters. The zero-order chi connectivity index (χ0) is 16.7. The summed E-state index contributed by atoms with van der Waals surface area (Å²) in [6.45, 7) is 3.08. The number of aryl methyl sites for hydroxylation is 1. The first-order valence-corrected chi connectivity index (χ1v) is 8.34. The molecule has 2 heterocycles. The lowest BCUT2D eigenvalue weighted by atomic mass is 10.1. The van der Waals surface area contributed by atoms with Crippen LogP contribution in [0.15, 0.2) is 48.5 Å². The van der Waals surface area contributed by atoms with E-state index in [0.717, 1.165) is 30.2 Å². The second-order valence-electron chi connectivity index (χ2n) is 6.54. The summed E-state index contributed by atoms with van der Waals surface area (Å²) in [6.07, 6.45) is 1.02. The Hall–Kier alpha value is -2.75. The number of hydrogen-bond donors (Lipinski definition) is 1. The van der Waals surface area contributed by atoms with Crippen molar-refractivity contribution in [2.45, 2.75) is 13.3 Å². The largest absolute Gasteiger partial charge is 0.378 e. The molecule has 1 aliphatic heterocycles. The fraction of sp³-hybridized carbons (Fsp3) is 0.250. The number of nitrogens with zero attached hydrogens (tertiary/aromatic N) is 3. The molecular formula is C20H22N4. The van der Waals surface area contributed by atoms with E-state index in [1.54, 1.807) is 0 Å². The van der Waals surface area contributed by atoms with Gasteiger partial charge in [-0.3, -0.25) is 0 Å². The minimum absolute atomic E-state index is 0.972. The van der Waals surface area contributed by atoms with Crippen molar-refractivity contribution in [2.75, 3.05) is 30.9 Å². The van der Waals surface area contributed by atoms with Gasteiger partial charge in [-0.25, -0.2) is 4.68 Å². The molecule has 1 aromatic heterocycles. The zero-order valence-electron chi connectivity index (χ0n) is 14.4. The third-order valence-electron chi connectivity index (χ3n) is 4.57. The van der Waals surface area contributed by atoms with Gasteiger partial charge in [0.15, 0.2) is 0 Å². The molecular weight excluding hydrogens is 296 g/mol. The molecule has 4 rings (SSSR count). The third kappa shape index (κ3) is 2.44. The number of nitrogens with one attached hydrogen (secondary N) is 1. The van der Waals surface area contributed by atoms with Crippen LogP contribution >= 0.6 is 0 Å². The molecule has 0 spiro atoms. The van der Waals surface area contributed by atoms with Crippen molar-refractivity contribution < 1.29 is 0 Å². The molecule has 0 amide bonds. The summed E-state index contributed by atoms with van der Waals surface area (Å²) in [5.74, 6) is 1.13. The van der Waals surface area contributed by atoms with Crippen LogP contribution in [0, 0.1) is 6.92 Å². The van der Waals surface area contributed by atoms with Crippen LogP contribution in [-0.2, 0) is 6.42 Å². The van der Waals surface area contributed by atoms with Gasteiger partial charge in [0.05, 0.1) is 11.4 Å². The average molecular weight is 318 g/mol. The Kier molecular flexibility index (Phi) is 3.53. The van der Waals surface area contributed by atoms with Crippen molar-refractivity contribution in [1.29, 1.82) is 0 Å². The summed E-state index contributed by atoms with van der Waals surface area (Å²) in [4.78, 5) is 2.12. The Balaban J connectivity index is 1.84. The van der Waals surface area contributed by atoms with Gasteiger partial charge < -0.3 is 10.2 Å². The van der Waals surface area contributed by atoms with Gasteiger partial charge >= 0.3 is 0 Å². The first kappa shape index (κ1) is 14.8. The monoisotopic (exact) mass is 318 g/mol. The van der Waals surface area contributed by atoms with Gasteiger partial charge in [-0.1, -0.05) is 29.8 Å². The van der Waals surface area contributed by atoms with Gasteiger partial charge in [-0.2, -0.15) is 5.10 Å². The summed E-state index contributed by atoms with van der Waals surface area (Å²) < 4.78 is 2.04. The highest BCUT2D eigenvalue weighted by Gasteiger charge is 2.24. The number of benzene rings is 2. The summed E-state index contributed by atoms with van der Waals surface area (Å²) in [5, 5.41) is 8.44. The lowest BCUT2D eigenvalue weighted by molar-refractivity contribution is 0.882. The molecule has 4 heteroatoms. The first-order valence-electron chi connectivity index (χ1n) is 8.34. The van der Waals surface area contributed by atoms with E-state index >= 15 is 0 Å². The Morgan fingerprint density at radius 2 is 1.88 bits per heavy atom. The normalized spacial score (nSPS) is 12.8. The molecule has 0 atom stereocenters. The summed E-state index contributed by atoms with van der Waals surface area (Å²) in [5.41, 5.74) is 7.12. The maximum atomic E-state index is 4.94. The van der Waals surface area contributed by atoms with Gasteiger partial charge in [0.25, 0.3) is 0 Å². The van der Waals surface area contributed by atoms with Crippen LogP contribution in [0.4, 0.5) is 11.5 Å². The Morgan fingerprint density at radius 1 is 1.08 bits per heavy atom. The summed E-state index contributed by atoms with van der Waals surface area (Å²) >= 11 is 0. The zero-order valence-corrected chi connectivity index (χ0v) is 14.4. The van der Waals surface area contributed by atoms with Gasteiger partial charge in [0.1, 0.15) is 5.82 Å². The third-order valence-corrected chi connectivity index (χ3v) is 4.57. The molecule has 0 bridgehead atoms. The number of anilines is 2. The van der Waals surface area contributed by atoms with Crippen LogP contribution in [0.3, 0.4) is 0 Å². The Morgan fingerprint density at radius 3 is 2.62 bits per heavy atom. The maximum Gasteiger partial charge on any atom is 0.133 e. The highest BCUT2D eigenvalue weighted by atomic mass is 15.3. The summed E-state index contributed by atoms with van der Waals surface area (Å²) in [7, 11) is 4.13. The van der Waals surface area contributed by atoms with Crippen molar-refractivity contribution in [2.24, 2.45) is 0 Å². The molecule has 122 valence electrons. The highest BCUT2D eigenvalue weighted by molar-refractivity contribution is 5.75. The van der Waals surface area contributed by atoms with Crippen molar-refractivity contribution in [1.82, 2.24) is 9.78 Å². The molecule has 0 saturated heterocycles. The van der Waals surface area contributed by atoms with E-state index in [1.807, 2.05) is 4.68 Å². The second-order valence-corrected chi connectivity index (χ2v) is 6.54. The quantitative estimate of drug-likeness (QED) is 0.795. The van der Waals surface area contributed by atoms with Gasteiger partial charge in [-0.05, 0) is 37.6 Å². The second kappa shape index (κ2) is 5.71. The molecule has 0 aliphatic carbocycles. The van der Waals surface area contributed by atoms with Crippen LogP contribution in [0.2, 0.25) is 0 Å². The van der Waals surface area contributed by atoms with E-state index in [9.17, 15) is 0 Å². The molecule has 0 fully saturated rings. The van der Waals surface area contributed by atoms with E-state index in [4.69, 9.17) is 5.10 Å². The summed E-state index contributed by atoms with van der Waals surface area (Å²) in [6, 6.07) is 17.1. The van der Waals surface area contributed by atoms with E-state index in [0.29, 0.717) is 0 Å². The highest BCUT2D eigenvalue weighted by Crippen LogP contribution is 2.35. The maximum absolute atomic E-state index is 4.94. The molecule has 4 nitrogen and oxygen atoms in total. The predicted octanol–water partition coefficient (Wildman–Crippen LogP) is 3.88. The molecule has 1 N–H and O–H groups in total. The molecule has 0 saturated carbocycles. The lowest BCUT2D eigenvalue weighted by Gasteiger charge is -2.13. The number of aromatic nitrogens is 2. The van der Waals surface area contributed by atoms with Crippen LogP contribution in [0.25, 0.3) is 16.9 Å². The molecule has 1 aliphatic rings. The standard InChI is InChI=1S/C20H22N4/c1-14-7-9-16(10-8-14)24-20-18(11-12-21-20)19(22-24)15-5-4-6-17(13-15)23(2)3/h4-10,13,21H,11-12H2,1-3H3. The van der Waals surface area contributed by atoms with Crippen molar-refractivity contribution in [3.63, 3.8) is 0 Å². The number of rotatable bonds is 3. The van der Waals surface area contributed by atoms with E-state index in [2.05, 4.69) is 79.8 Å². The molecule has 2 aromatic carbocycles. The smallest absolute Gasteiger partial charge is 0.133 e. The Bertz CT molecular complexity index is 875. The van der Waals surface area contributed by atoms with Crippen LogP contribution in [0.5, 0.6) is 0 Å².